The van der Waals surface area contributed by atoms with Gasteiger partial charge in [0.15, 0.2) is 0 Å². The van der Waals surface area contributed by atoms with Gasteiger partial charge < -0.3 is 9.84 Å². The Kier molecular flexibility index (Phi) is 4.45. The second-order valence-electron chi connectivity index (χ2n) is 5.08. The van der Waals surface area contributed by atoms with Crippen LogP contribution in [0.5, 0.6) is 5.75 Å². The van der Waals surface area contributed by atoms with E-state index in [1.807, 2.05) is 28.9 Å². The van der Waals surface area contributed by atoms with Gasteiger partial charge in [-0.05, 0) is 18.6 Å². The van der Waals surface area contributed by atoms with Crippen molar-refractivity contribution in [3.8, 4) is 5.75 Å². The minimum Gasteiger partial charge on any atom is -0.486 e. The first-order valence-electron chi connectivity index (χ1n) is 7.21. The van der Waals surface area contributed by atoms with Crippen molar-refractivity contribution in [3.05, 3.63) is 36.4 Å². The summed E-state index contributed by atoms with van der Waals surface area (Å²) < 4.78 is 7.77. The second-order valence-corrected chi connectivity index (χ2v) is 6.15. The van der Waals surface area contributed by atoms with Gasteiger partial charge in [-0.15, -0.1) is 11.8 Å². The Morgan fingerprint density at radius 1 is 1.48 bits per heavy atom. The minimum atomic E-state index is -0.578. The van der Waals surface area contributed by atoms with Gasteiger partial charge in [0.1, 0.15) is 24.0 Å². The maximum Gasteiger partial charge on any atom is 0.138 e. The SMILES string of the molecule is CCCn1ncnc1CC(O)C1CSc2ccccc2O1. The lowest BCUT2D eigenvalue weighted by atomic mass is 10.1. The van der Waals surface area contributed by atoms with Gasteiger partial charge in [-0.3, -0.25) is 4.68 Å². The van der Waals surface area contributed by atoms with Crippen molar-refractivity contribution in [2.45, 2.75) is 43.4 Å². The molecular formula is C15H19N3O2S. The highest BCUT2D eigenvalue weighted by Gasteiger charge is 2.28. The predicted molar refractivity (Wildman–Crippen MR) is 81.6 cm³/mol. The molecule has 0 bridgehead atoms. The molecule has 5 nitrogen and oxygen atoms in total. The van der Waals surface area contributed by atoms with Crippen LogP contribution in [0.1, 0.15) is 19.2 Å². The van der Waals surface area contributed by atoms with Gasteiger partial charge >= 0.3 is 0 Å². The summed E-state index contributed by atoms with van der Waals surface area (Å²) in [5.41, 5.74) is 0. The third kappa shape index (κ3) is 3.22. The Morgan fingerprint density at radius 2 is 2.33 bits per heavy atom. The molecule has 2 unspecified atom stereocenters. The summed E-state index contributed by atoms with van der Waals surface area (Å²) in [5, 5.41) is 14.6. The van der Waals surface area contributed by atoms with E-state index in [2.05, 4.69) is 17.0 Å². The van der Waals surface area contributed by atoms with Crippen molar-refractivity contribution in [2.24, 2.45) is 0 Å². The zero-order valence-electron chi connectivity index (χ0n) is 12.0. The zero-order chi connectivity index (χ0) is 14.7. The van der Waals surface area contributed by atoms with Crippen LogP contribution in [0.25, 0.3) is 0 Å². The van der Waals surface area contributed by atoms with Gasteiger partial charge in [0, 0.05) is 23.6 Å². The number of nitrogens with zero attached hydrogens (tertiary/aromatic N) is 3. The number of hydrogen-bond donors (Lipinski definition) is 1. The van der Waals surface area contributed by atoms with Crippen LogP contribution in [0.4, 0.5) is 0 Å². The molecule has 0 aliphatic carbocycles. The number of benzene rings is 1. The lowest BCUT2D eigenvalue weighted by Gasteiger charge is -2.28. The number of ether oxygens (including phenoxy) is 1. The summed E-state index contributed by atoms with van der Waals surface area (Å²) >= 11 is 1.72. The first-order chi connectivity index (χ1) is 10.3. The summed E-state index contributed by atoms with van der Waals surface area (Å²) in [4.78, 5) is 5.38. The topological polar surface area (TPSA) is 60.2 Å². The summed E-state index contributed by atoms with van der Waals surface area (Å²) in [6.45, 7) is 2.92. The summed E-state index contributed by atoms with van der Waals surface area (Å²) in [6.07, 6.45) is 2.22. The molecule has 2 aromatic rings. The Balaban J connectivity index is 1.66. The minimum absolute atomic E-state index is 0.211. The van der Waals surface area contributed by atoms with E-state index in [9.17, 15) is 5.11 Å². The lowest BCUT2D eigenvalue weighted by Crippen LogP contribution is -2.38. The Hall–Kier alpha value is -1.53. The van der Waals surface area contributed by atoms with Gasteiger partial charge in [-0.25, -0.2) is 4.98 Å². The molecule has 1 aliphatic heterocycles. The van der Waals surface area contributed by atoms with E-state index in [4.69, 9.17) is 4.74 Å². The van der Waals surface area contributed by atoms with Crippen LogP contribution in [0.3, 0.4) is 0 Å². The van der Waals surface area contributed by atoms with Crippen molar-refractivity contribution in [1.29, 1.82) is 0 Å². The molecule has 21 heavy (non-hydrogen) atoms. The average Bonchev–Trinajstić information content (AvgIpc) is 2.94. The predicted octanol–water partition coefficient (Wildman–Crippen LogP) is 2.14. The molecule has 0 spiro atoms. The third-order valence-electron chi connectivity index (χ3n) is 3.48. The Bertz CT molecular complexity index is 602. The van der Waals surface area contributed by atoms with Crippen LogP contribution in [-0.2, 0) is 13.0 Å². The fourth-order valence-corrected chi connectivity index (χ4v) is 3.46. The number of para-hydroxylation sites is 1. The van der Waals surface area contributed by atoms with Gasteiger partial charge in [0.2, 0.25) is 0 Å². The highest BCUT2D eigenvalue weighted by molar-refractivity contribution is 7.99. The quantitative estimate of drug-likeness (QED) is 0.917. The van der Waals surface area contributed by atoms with Crippen molar-refractivity contribution in [1.82, 2.24) is 14.8 Å². The molecule has 1 aromatic carbocycles. The van der Waals surface area contributed by atoms with Crippen LogP contribution < -0.4 is 4.74 Å². The fourth-order valence-electron chi connectivity index (χ4n) is 2.39. The van der Waals surface area contributed by atoms with E-state index >= 15 is 0 Å². The zero-order valence-corrected chi connectivity index (χ0v) is 12.8. The molecule has 2 atom stereocenters. The van der Waals surface area contributed by atoms with Crippen molar-refractivity contribution in [3.63, 3.8) is 0 Å². The number of hydrogen-bond acceptors (Lipinski definition) is 5. The second kappa shape index (κ2) is 6.49. The van der Waals surface area contributed by atoms with E-state index in [-0.39, 0.29) is 6.10 Å². The molecule has 0 radical (unpaired) electrons. The summed E-state index contributed by atoms with van der Waals surface area (Å²) in [6, 6.07) is 7.94. The number of aliphatic hydroxyl groups excluding tert-OH is 1. The monoisotopic (exact) mass is 305 g/mol. The highest BCUT2D eigenvalue weighted by Crippen LogP contribution is 2.35. The molecule has 1 N–H and O–H groups in total. The maximum atomic E-state index is 10.4. The first kappa shape index (κ1) is 14.4. The number of fused-ring (bicyclic) bond motifs is 1. The number of aliphatic hydroxyl groups is 1. The number of rotatable bonds is 5. The van der Waals surface area contributed by atoms with Crippen molar-refractivity contribution in [2.75, 3.05) is 5.75 Å². The van der Waals surface area contributed by atoms with Crippen LogP contribution in [0, 0.1) is 0 Å². The third-order valence-corrected chi connectivity index (χ3v) is 4.63. The fraction of sp³-hybridized carbons (Fsp3) is 0.467. The van der Waals surface area contributed by atoms with Crippen LogP contribution in [-0.4, -0.2) is 37.8 Å². The largest absolute Gasteiger partial charge is 0.486 e. The van der Waals surface area contributed by atoms with Crippen molar-refractivity contribution >= 4 is 11.8 Å². The molecule has 3 rings (SSSR count). The van der Waals surface area contributed by atoms with E-state index in [1.165, 1.54) is 0 Å². The number of thioether (sulfide) groups is 1. The molecule has 112 valence electrons. The molecule has 2 heterocycles. The van der Waals surface area contributed by atoms with Gasteiger partial charge in [-0.2, -0.15) is 5.10 Å². The molecule has 1 aliphatic rings. The first-order valence-corrected chi connectivity index (χ1v) is 8.19. The molecule has 6 heteroatoms. The van der Waals surface area contributed by atoms with Crippen LogP contribution in [0.15, 0.2) is 35.5 Å². The van der Waals surface area contributed by atoms with E-state index < -0.39 is 6.10 Å². The average molecular weight is 305 g/mol. The van der Waals surface area contributed by atoms with E-state index in [0.29, 0.717) is 6.42 Å². The van der Waals surface area contributed by atoms with Gasteiger partial charge in [-0.1, -0.05) is 19.1 Å². The normalized spacial score (nSPS) is 18.9. The van der Waals surface area contributed by atoms with E-state index in [0.717, 1.165) is 35.2 Å². The highest BCUT2D eigenvalue weighted by atomic mass is 32.2. The standard InChI is InChI=1S/C15H19N3O2S/c1-2-7-18-15(16-10-17-18)8-11(19)13-9-21-14-6-4-3-5-12(14)20-13/h3-6,10-11,13,19H,2,7-9H2,1H3. The molecule has 0 saturated heterocycles. The summed E-state index contributed by atoms with van der Waals surface area (Å²) in [5.74, 6) is 2.42. The molecular weight excluding hydrogens is 286 g/mol. The smallest absolute Gasteiger partial charge is 0.138 e. The van der Waals surface area contributed by atoms with Crippen LogP contribution >= 0.6 is 11.8 Å². The number of aromatic nitrogens is 3. The van der Waals surface area contributed by atoms with Gasteiger partial charge in [0.05, 0.1) is 6.10 Å². The molecule has 0 fully saturated rings. The van der Waals surface area contributed by atoms with E-state index in [1.54, 1.807) is 18.1 Å². The maximum absolute atomic E-state index is 10.4. The van der Waals surface area contributed by atoms with Gasteiger partial charge in [0.25, 0.3) is 0 Å². The molecule has 0 saturated carbocycles. The number of aryl methyl sites for hydroxylation is 1. The summed E-state index contributed by atoms with van der Waals surface area (Å²) in [7, 11) is 0. The molecule has 0 amide bonds. The van der Waals surface area contributed by atoms with Crippen LogP contribution in [0.2, 0.25) is 0 Å². The lowest BCUT2D eigenvalue weighted by molar-refractivity contribution is 0.0448. The molecule has 1 aromatic heterocycles. The van der Waals surface area contributed by atoms with Crippen molar-refractivity contribution < 1.29 is 9.84 Å². The Morgan fingerprint density at radius 3 is 3.19 bits per heavy atom. The Labute approximate surface area is 128 Å².